The van der Waals surface area contributed by atoms with E-state index < -0.39 is 27.7 Å². The molecule has 0 bridgehead atoms. The van der Waals surface area contributed by atoms with Crippen LogP contribution in [-0.2, 0) is 26.2 Å². The van der Waals surface area contributed by atoms with Gasteiger partial charge in [-0.05, 0) is 62.6 Å². The number of pyridine rings is 1. The molecule has 1 aromatic heterocycles. The number of nitrogens with one attached hydrogen (secondary N) is 1. The SMILES string of the molecule is COC(=O)C1(F)CCCC1NS(=O)(=O)c1ccc(OCc2cc(C)nc3ccccc23)cc1. The summed E-state index contributed by atoms with van der Waals surface area (Å²) in [6, 6.07) is 14.4. The van der Waals surface area contributed by atoms with Crippen LogP contribution in [0.15, 0.2) is 59.5 Å². The summed E-state index contributed by atoms with van der Waals surface area (Å²) in [5.74, 6) is -0.571. The number of benzene rings is 2. The lowest BCUT2D eigenvalue weighted by molar-refractivity contribution is -0.155. The predicted octanol–water partition coefficient (Wildman–Crippen LogP) is 3.83. The first-order valence-corrected chi connectivity index (χ1v) is 12.1. The van der Waals surface area contributed by atoms with Gasteiger partial charge in [-0.1, -0.05) is 18.2 Å². The van der Waals surface area contributed by atoms with Crippen molar-refractivity contribution in [1.29, 1.82) is 0 Å². The van der Waals surface area contributed by atoms with Crippen molar-refractivity contribution in [2.75, 3.05) is 7.11 Å². The molecule has 0 spiro atoms. The van der Waals surface area contributed by atoms with Crippen LogP contribution in [-0.4, -0.2) is 38.2 Å². The highest BCUT2D eigenvalue weighted by Gasteiger charge is 2.52. The molecule has 0 aliphatic heterocycles. The second-order valence-corrected chi connectivity index (χ2v) is 9.83. The Morgan fingerprint density at radius 1 is 1.21 bits per heavy atom. The average Bonchev–Trinajstić information content (AvgIpc) is 3.17. The second-order valence-electron chi connectivity index (χ2n) is 8.12. The van der Waals surface area contributed by atoms with Crippen LogP contribution in [0.25, 0.3) is 10.9 Å². The van der Waals surface area contributed by atoms with Gasteiger partial charge in [-0.15, -0.1) is 0 Å². The molecule has 1 heterocycles. The van der Waals surface area contributed by atoms with Gasteiger partial charge in [-0.25, -0.2) is 22.3 Å². The van der Waals surface area contributed by atoms with E-state index >= 15 is 4.39 Å². The maximum atomic E-state index is 15.1. The predicted molar refractivity (Wildman–Crippen MR) is 121 cm³/mol. The first-order valence-electron chi connectivity index (χ1n) is 10.6. The van der Waals surface area contributed by atoms with Gasteiger partial charge in [0.05, 0.1) is 23.6 Å². The van der Waals surface area contributed by atoms with E-state index in [-0.39, 0.29) is 17.7 Å². The molecule has 33 heavy (non-hydrogen) atoms. The molecule has 7 nitrogen and oxygen atoms in total. The van der Waals surface area contributed by atoms with Crippen LogP contribution >= 0.6 is 0 Å². The Hall–Kier alpha value is -3.04. The summed E-state index contributed by atoms with van der Waals surface area (Å²) in [7, 11) is -2.95. The molecular formula is C24H25FN2O5S. The van der Waals surface area contributed by atoms with Gasteiger partial charge >= 0.3 is 5.97 Å². The van der Waals surface area contributed by atoms with Crippen LogP contribution in [0.1, 0.15) is 30.5 Å². The molecule has 0 saturated heterocycles. The number of para-hydroxylation sites is 1. The maximum Gasteiger partial charge on any atom is 0.345 e. The van der Waals surface area contributed by atoms with Gasteiger partial charge < -0.3 is 9.47 Å². The standard InChI is InChI=1S/C24H25FN2O5S/c1-16-14-17(20-6-3-4-7-21(20)26-16)15-32-18-9-11-19(12-10-18)33(29,30)27-22-8-5-13-24(22,25)23(28)31-2/h3-4,6-7,9-12,14,22,27H,5,8,13,15H2,1-2H3. The number of hydrogen-bond donors (Lipinski definition) is 1. The quantitative estimate of drug-likeness (QED) is 0.525. The largest absolute Gasteiger partial charge is 0.489 e. The van der Waals surface area contributed by atoms with E-state index in [1.165, 1.54) is 12.1 Å². The van der Waals surface area contributed by atoms with Crippen LogP contribution in [0.3, 0.4) is 0 Å². The van der Waals surface area contributed by atoms with Crippen molar-refractivity contribution in [2.45, 2.75) is 49.4 Å². The number of aryl methyl sites for hydroxylation is 1. The minimum absolute atomic E-state index is 0.0424. The number of ether oxygens (including phenoxy) is 2. The smallest absolute Gasteiger partial charge is 0.345 e. The van der Waals surface area contributed by atoms with Crippen LogP contribution < -0.4 is 9.46 Å². The number of hydrogen-bond acceptors (Lipinski definition) is 6. The summed E-state index contributed by atoms with van der Waals surface area (Å²) >= 11 is 0. The molecule has 1 aliphatic carbocycles. The molecule has 1 saturated carbocycles. The summed E-state index contributed by atoms with van der Waals surface area (Å²) in [5.41, 5.74) is 0.366. The van der Waals surface area contributed by atoms with E-state index in [4.69, 9.17) is 4.74 Å². The molecule has 2 atom stereocenters. The molecule has 1 N–H and O–H groups in total. The Balaban J connectivity index is 1.47. The minimum Gasteiger partial charge on any atom is -0.489 e. The Bertz CT molecular complexity index is 1280. The zero-order valence-corrected chi connectivity index (χ0v) is 19.2. The van der Waals surface area contributed by atoms with Crippen molar-refractivity contribution >= 4 is 26.9 Å². The summed E-state index contributed by atoms with van der Waals surface area (Å²) in [6.07, 6.45) is 0.517. The van der Waals surface area contributed by atoms with Gasteiger partial charge in [-0.3, -0.25) is 4.98 Å². The molecule has 0 amide bonds. The second kappa shape index (κ2) is 9.07. The average molecular weight is 473 g/mol. The van der Waals surface area contributed by atoms with Crippen molar-refractivity contribution in [1.82, 2.24) is 9.71 Å². The fourth-order valence-corrected chi connectivity index (χ4v) is 5.49. The third-order valence-corrected chi connectivity index (χ3v) is 7.35. The molecule has 4 rings (SSSR count). The van der Waals surface area contributed by atoms with E-state index in [1.54, 1.807) is 12.1 Å². The van der Waals surface area contributed by atoms with Crippen molar-refractivity contribution in [3.63, 3.8) is 0 Å². The first-order chi connectivity index (χ1) is 15.7. The number of alkyl halides is 1. The molecule has 2 aromatic carbocycles. The molecule has 1 aliphatic rings. The van der Waals surface area contributed by atoms with E-state index in [1.807, 2.05) is 37.3 Å². The monoisotopic (exact) mass is 472 g/mol. The van der Waals surface area contributed by atoms with Gasteiger partial charge in [0.1, 0.15) is 12.4 Å². The van der Waals surface area contributed by atoms with Crippen LogP contribution in [0.2, 0.25) is 0 Å². The Labute approximate surface area is 192 Å². The number of fused-ring (bicyclic) bond motifs is 1. The van der Waals surface area contributed by atoms with E-state index in [2.05, 4.69) is 14.4 Å². The number of carbonyl (C=O) groups excluding carboxylic acids is 1. The lowest BCUT2D eigenvalue weighted by Crippen LogP contribution is -2.51. The Morgan fingerprint density at radius 3 is 2.67 bits per heavy atom. The van der Waals surface area contributed by atoms with Gasteiger partial charge in [0, 0.05) is 16.6 Å². The summed E-state index contributed by atoms with van der Waals surface area (Å²) in [5, 5.41) is 0.989. The van der Waals surface area contributed by atoms with Crippen molar-refractivity contribution in [3.05, 3.63) is 65.9 Å². The van der Waals surface area contributed by atoms with Gasteiger partial charge in [0.2, 0.25) is 15.7 Å². The van der Waals surface area contributed by atoms with Crippen LogP contribution in [0, 0.1) is 6.92 Å². The maximum absolute atomic E-state index is 15.1. The highest BCUT2D eigenvalue weighted by Crippen LogP contribution is 2.36. The topological polar surface area (TPSA) is 94.6 Å². The number of sulfonamides is 1. The lowest BCUT2D eigenvalue weighted by Gasteiger charge is -2.25. The van der Waals surface area contributed by atoms with E-state index in [9.17, 15) is 13.2 Å². The zero-order chi connectivity index (χ0) is 23.6. The minimum atomic E-state index is -4.04. The van der Waals surface area contributed by atoms with Crippen molar-refractivity contribution < 1.29 is 27.1 Å². The van der Waals surface area contributed by atoms with Gasteiger partial charge in [0.25, 0.3) is 0 Å². The van der Waals surface area contributed by atoms with E-state index in [0.717, 1.165) is 29.3 Å². The fraction of sp³-hybridized carbons (Fsp3) is 0.333. The molecule has 174 valence electrons. The number of halogens is 1. The number of rotatable bonds is 7. The lowest BCUT2D eigenvalue weighted by atomic mass is 10.0. The first kappa shape index (κ1) is 23.1. The Kier molecular flexibility index (Phi) is 6.36. The molecule has 3 aromatic rings. The third-order valence-electron chi connectivity index (χ3n) is 5.87. The number of aromatic nitrogens is 1. The number of nitrogens with zero attached hydrogens (tertiary/aromatic N) is 1. The summed E-state index contributed by atoms with van der Waals surface area (Å²) < 4.78 is 53.4. The van der Waals surface area contributed by atoms with E-state index in [0.29, 0.717) is 18.8 Å². The number of methoxy groups -OCH3 is 1. The Morgan fingerprint density at radius 2 is 1.94 bits per heavy atom. The van der Waals surface area contributed by atoms with Crippen molar-refractivity contribution in [2.24, 2.45) is 0 Å². The van der Waals surface area contributed by atoms with Crippen LogP contribution in [0.5, 0.6) is 5.75 Å². The zero-order valence-electron chi connectivity index (χ0n) is 18.4. The highest BCUT2D eigenvalue weighted by molar-refractivity contribution is 7.89. The van der Waals surface area contributed by atoms with Gasteiger partial charge in [-0.2, -0.15) is 0 Å². The fourth-order valence-electron chi connectivity index (χ4n) is 4.18. The normalized spacial score (nSPS) is 20.6. The molecule has 1 fully saturated rings. The molecular weight excluding hydrogens is 447 g/mol. The third kappa shape index (κ3) is 4.69. The highest BCUT2D eigenvalue weighted by atomic mass is 32.2. The summed E-state index contributed by atoms with van der Waals surface area (Å²) in [6.45, 7) is 2.21. The van der Waals surface area contributed by atoms with Crippen molar-refractivity contribution in [3.8, 4) is 5.75 Å². The van der Waals surface area contributed by atoms with Crippen LogP contribution in [0.4, 0.5) is 4.39 Å². The molecule has 2 unspecified atom stereocenters. The number of carbonyl (C=O) groups is 1. The number of esters is 1. The van der Waals surface area contributed by atoms with Gasteiger partial charge in [0.15, 0.2) is 0 Å². The summed E-state index contributed by atoms with van der Waals surface area (Å²) in [4.78, 5) is 16.3. The molecule has 0 radical (unpaired) electrons. The molecule has 9 heteroatoms.